The van der Waals surface area contributed by atoms with Gasteiger partial charge in [-0.15, -0.1) is 0 Å². The van der Waals surface area contributed by atoms with E-state index < -0.39 is 11.3 Å². The van der Waals surface area contributed by atoms with Crippen LogP contribution in [0.4, 0.5) is 0 Å². The van der Waals surface area contributed by atoms with Crippen molar-refractivity contribution in [1.29, 1.82) is 0 Å². The summed E-state index contributed by atoms with van der Waals surface area (Å²) in [7, 11) is 0. The van der Waals surface area contributed by atoms with E-state index in [4.69, 9.17) is 11.6 Å². The lowest BCUT2D eigenvalue weighted by atomic mass is 9.64. The van der Waals surface area contributed by atoms with Gasteiger partial charge in [-0.05, 0) is 43.0 Å². The highest BCUT2D eigenvalue weighted by atomic mass is 35.5. The van der Waals surface area contributed by atoms with Crippen LogP contribution in [-0.4, -0.2) is 21.6 Å². The summed E-state index contributed by atoms with van der Waals surface area (Å²) in [5, 5.41) is 5.72. The van der Waals surface area contributed by atoms with E-state index in [9.17, 15) is 14.4 Å². The number of amides is 2. The van der Waals surface area contributed by atoms with E-state index in [0.717, 1.165) is 12.0 Å². The Morgan fingerprint density at radius 2 is 1.74 bits per heavy atom. The van der Waals surface area contributed by atoms with Crippen LogP contribution in [0.3, 0.4) is 0 Å². The molecule has 0 spiro atoms. The minimum Gasteiger partial charge on any atom is -0.272 e. The van der Waals surface area contributed by atoms with Gasteiger partial charge in [0.1, 0.15) is 0 Å². The summed E-state index contributed by atoms with van der Waals surface area (Å²) in [6.07, 6.45) is 3.02. The van der Waals surface area contributed by atoms with Gasteiger partial charge in [0.05, 0.1) is 10.8 Å². The van der Waals surface area contributed by atoms with Crippen LogP contribution in [0.1, 0.15) is 48.7 Å². The van der Waals surface area contributed by atoms with E-state index in [1.165, 1.54) is 4.68 Å². The van der Waals surface area contributed by atoms with Crippen LogP contribution >= 0.6 is 11.6 Å². The predicted octanol–water partition coefficient (Wildman–Crippen LogP) is 3.34. The first-order chi connectivity index (χ1) is 15.0. The number of aryl methyl sites for hydroxylation is 1. The maximum atomic E-state index is 13.0. The number of fused-ring (bicyclic) bond motifs is 1. The van der Waals surface area contributed by atoms with Crippen LogP contribution in [0, 0.1) is 0 Å². The molecular formula is C23H23ClN4O3. The van der Waals surface area contributed by atoms with E-state index in [-0.39, 0.29) is 17.2 Å². The number of hydrogen-bond donors (Lipinski definition) is 2. The monoisotopic (exact) mass is 438 g/mol. The Labute approximate surface area is 184 Å². The number of nitrogens with zero attached hydrogens (tertiary/aromatic N) is 2. The molecule has 7 nitrogen and oxygen atoms in total. The number of benzene rings is 2. The third-order valence-electron chi connectivity index (χ3n) is 5.85. The Bertz CT molecular complexity index is 1200. The molecule has 31 heavy (non-hydrogen) atoms. The van der Waals surface area contributed by atoms with Crippen molar-refractivity contribution in [3.05, 3.63) is 75.2 Å². The molecule has 2 N–H and O–H groups in total. The highest BCUT2D eigenvalue weighted by molar-refractivity contribution is 6.30. The number of nitrogens with one attached hydrogen (secondary N) is 2. The molecule has 3 aromatic rings. The van der Waals surface area contributed by atoms with Gasteiger partial charge in [-0.25, -0.2) is 4.68 Å². The lowest BCUT2D eigenvalue weighted by molar-refractivity contribution is -0.130. The number of aromatic nitrogens is 2. The topological polar surface area (TPSA) is 93.1 Å². The Morgan fingerprint density at radius 3 is 2.35 bits per heavy atom. The molecule has 0 aliphatic heterocycles. The van der Waals surface area contributed by atoms with E-state index in [1.54, 1.807) is 36.4 Å². The summed E-state index contributed by atoms with van der Waals surface area (Å²) in [6, 6.07) is 14.0. The normalized spacial score (nSPS) is 14.6. The lowest BCUT2D eigenvalue weighted by Crippen LogP contribution is -2.54. The summed E-state index contributed by atoms with van der Waals surface area (Å²) < 4.78 is 1.29. The highest BCUT2D eigenvalue weighted by Crippen LogP contribution is 2.44. The molecule has 1 aliphatic rings. The second-order valence-corrected chi connectivity index (χ2v) is 8.21. The number of hydrazine groups is 1. The van der Waals surface area contributed by atoms with Gasteiger partial charge in [-0.3, -0.25) is 25.2 Å². The van der Waals surface area contributed by atoms with Gasteiger partial charge in [0, 0.05) is 17.0 Å². The van der Waals surface area contributed by atoms with Crippen LogP contribution in [0.25, 0.3) is 10.8 Å². The molecule has 160 valence electrons. The first-order valence-electron chi connectivity index (χ1n) is 10.3. The Hall–Kier alpha value is -3.19. The smallest absolute Gasteiger partial charge is 0.272 e. The van der Waals surface area contributed by atoms with E-state index in [2.05, 4.69) is 16.0 Å². The van der Waals surface area contributed by atoms with Crippen molar-refractivity contribution in [2.45, 2.75) is 44.6 Å². The molecule has 1 saturated carbocycles. The maximum Gasteiger partial charge on any atom is 0.290 e. The number of carbonyl (C=O) groups is 2. The van der Waals surface area contributed by atoms with Gasteiger partial charge in [0.2, 0.25) is 5.91 Å². The molecule has 8 heteroatoms. The van der Waals surface area contributed by atoms with Crippen LogP contribution < -0.4 is 16.4 Å². The van der Waals surface area contributed by atoms with E-state index in [0.29, 0.717) is 41.6 Å². The fourth-order valence-electron chi connectivity index (χ4n) is 4.00. The van der Waals surface area contributed by atoms with Crippen molar-refractivity contribution >= 4 is 34.2 Å². The van der Waals surface area contributed by atoms with Crippen molar-refractivity contribution in [1.82, 2.24) is 20.6 Å². The summed E-state index contributed by atoms with van der Waals surface area (Å²) in [6.45, 7) is 2.33. The zero-order valence-electron chi connectivity index (χ0n) is 17.2. The van der Waals surface area contributed by atoms with Crippen molar-refractivity contribution in [2.75, 3.05) is 0 Å². The number of hydrogen-bond acceptors (Lipinski definition) is 4. The molecule has 1 heterocycles. The second kappa shape index (κ2) is 8.51. The maximum absolute atomic E-state index is 13.0. The van der Waals surface area contributed by atoms with Gasteiger partial charge < -0.3 is 0 Å². The van der Waals surface area contributed by atoms with Crippen molar-refractivity contribution in [3.63, 3.8) is 0 Å². The fraction of sp³-hybridized carbons (Fsp3) is 0.304. The van der Waals surface area contributed by atoms with E-state index in [1.807, 2.05) is 19.1 Å². The fourth-order valence-corrected chi connectivity index (χ4v) is 4.13. The molecule has 1 aromatic heterocycles. The number of halogens is 1. The van der Waals surface area contributed by atoms with Crippen LogP contribution in [-0.2, 0) is 16.8 Å². The van der Waals surface area contributed by atoms with Gasteiger partial charge in [0.15, 0.2) is 5.69 Å². The Morgan fingerprint density at radius 1 is 1.06 bits per heavy atom. The van der Waals surface area contributed by atoms with Gasteiger partial charge in [-0.1, -0.05) is 55.3 Å². The summed E-state index contributed by atoms with van der Waals surface area (Å²) in [5.74, 6) is -0.847. The number of rotatable bonds is 5. The highest BCUT2D eigenvalue weighted by Gasteiger charge is 2.45. The summed E-state index contributed by atoms with van der Waals surface area (Å²) in [5.41, 5.74) is 5.10. The standard InChI is InChI=1S/C23H23ClN4O3/c1-2-14-28-21(30)18-7-4-3-6-17(18)19(27-28)20(29)25-26-22(31)23(12-5-13-23)15-8-10-16(24)11-9-15/h3-4,6-11H,2,5,12-14H2,1H3,(H,25,29)(H,26,31). The van der Waals surface area contributed by atoms with Crippen LogP contribution in [0.15, 0.2) is 53.3 Å². The minimum absolute atomic E-state index is 0.0955. The molecule has 0 radical (unpaired) electrons. The van der Waals surface area contributed by atoms with Crippen molar-refractivity contribution < 1.29 is 9.59 Å². The number of carbonyl (C=O) groups excluding carboxylic acids is 2. The quantitative estimate of drug-likeness (QED) is 0.597. The first kappa shape index (κ1) is 21.1. The molecule has 2 amide bonds. The Kier molecular flexibility index (Phi) is 5.78. The molecule has 1 fully saturated rings. The summed E-state index contributed by atoms with van der Waals surface area (Å²) in [4.78, 5) is 38.6. The largest absolute Gasteiger partial charge is 0.290 e. The third kappa shape index (κ3) is 3.81. The molecule has 1 aliphatic carbocycles. The molecule has 0 unspecified atom stereocenters. The zero-order valence-corrected chi connectivity index (χ0v) is 17.9. The Balaban J connectivity index is 1.58. The van der Waals surface area contributed by atoms with Crippen molar-refractivity contribution in [3.8, 4) is 0 Å². The average molecular weight is 439 g/mol. The first-order valence-corrected chi connectivity index (χ1v) is 10.7. The third-order valence-corrected chi connectivity index (χ3v) is 6.10. The lowest BCUT2D eigenvalue weighted by Gasteiger charge is -2.40. The molecule has 0 saturated heterocycles. The SMILES string of the molecule is CCCn1nc(C(=O)NNC(=O)C2(c3ccc(Cl)cc3)CCC2)c2ccccc2c1=O. The summed E-state index contributed by atoms with van der Waals surface area (Å²) >= 11 is 5.98. The molecular weight excluding hydrogens is 416 g/mol. The molecule has 2 aromatic carbocycles. The predicted molar refractivity (Wildman–Crippen MR) is 119 cm³/mol. The van der Waals surface area contributed by atoms with Crippen molar-refractivity contribution in [2.24, 2.45) is 0 Å². The van der Waals surface area contributed by atoms with Crippen LogP contribution in [0.2, 0.25) is 5.02 Å². The average Bonchev–Trinajstić information content (AvgIpc) is 2.74. The van der Waals surface area contributed by atoms with Gasteiger partial charge in [0.25, 0.3) is 11.5 Å². The van der Waals surface area contributed by atoms with E-state index >= 15 is 0 Å². The second-order valence-electron chi connectivity index (χ2n) is 7.77. The van der Waals surface area contributed by atoms with Crippen LogP contribution in [0.5, 0.6) is 0 Å². The van der Waals surface area contributed by atoms with Gasteiger partial charge in [-0.2, -0.15) is 5.10 Å². The minimum atomic E-state index is -0.686. The van der Waals surface area contributed by atoms with Gasteiger partial charge >= 0.3 is 0 Å². The molecule has 4 rings (SSSR count). The molecule has 0 atom stereocenters. The molecule has 0 bridgehead atoms. The zero-order chi connectivity index (χ0) is 22.0.